The minimum atomic E-state index is -0.191. The van der Waals surface area contributed by atoms with E-state index in [1.54, 1.807) is 12.1 Å². The van der Waals surface area contributed by atoms with Gasteiger partial charge in [0.2, 0.25) is 0 Å². The maximum absolute atomic E-state index is 14.6. The van der Waals surface area contributed by atoms with Crippen LogP contribution >= 0.6 is 0 Å². The Morgan fingerprint density at radius 1 is 0.833 bits per heavy atom. The second-order valence-corrected chi connectivity index (χ2v) is 5.97. The van der Waals surface area contributed by atoms with Crippen LogP contribution in [0.2, 0.25) is 0 Å². The zero-order valence-electron chi connectivity index (χ0n) is 13.9. The second kappa shape index (κ2) is 7.27. The predicted molar refractivity (Wildman–Crippen MR) is 101 cm³/mol. The first kappa shape index (κ1) is 16.2. The molecule has 0 radical (unpaired) electrons. The minimum Gasteiger partial charge on any atom is -0.206 e. The maximum atomic E-state index is 14.6. The van der Waals surface area contributed by atoms with Gasteiger partial charge in [0.05, 0.1) is 0 Å². The largest absolute Gasteiger partial charge is 0.206 e. The highest BCUT2D eigenvalue weighted by atomic mass is 19.1. The van der Waals surface area contributed by atoms with Gasteiger partial charge < -0.3 is 0 Å². The fourth-order valence-corrected chi connectivity index (χ4v) is 2.88. The molecule has 0 nitrogen and oxygen atoms in total. The van der Waals surface area contributed by atoms with Crippen molar-refractivity contribution in [2.24, 2.45) is 0 Å². The Morgan fingerprint density at radius 3 is 2.04 bits per heavy atom. The summed E-state index contributed by atoms with van der Waals surface area (Å²) in [6.07, 6.45) is 3.98. The zero-order valence-corrected chi connectivity index (χ0v) is 13.9. The molecule has 0 saturated heterocycles. The predicted octanol–water partition coefficient (Wildman–Crippen LogP) is 6.76. The van der Waals surface area contributed by atoms with Gasteiger partial charge in [0, 0.05) is 5.56 Å². The lowest BCUT2D eigenvalue weighted by Crippen LogP contribution is -1.88. The van der Waals surface area contributed by atoms with Crippen molar-refractivity contribution in [3.8, 4) is 22.3 Å². The standard InChI is InChI=1S/C23H21F/c1-3-5-18-8-12-20(13-9-18)22-15-14-21(16-23(22)24)19-10-6-17(4-2)7-11-19/h4,6-16H,2-3,5H2,1H3. The van der Waals surface area contributed by atoms with Crippen LogP contribution in [-0.2, 0) is 6.42 Å². The SMILES string of the molecule is C=Cc1ccc(-c2ccc(-c3ccc(CCC)cc3)c(F)c2)cc1. The van der Waals surface area contributed by atoms with Gasteiger partial charge in [-0.2, -0.15) is 0 Å². The minimum absolute atomic E-state index is 0.191. The molecule has 0 atom stereocenters. The summed E-state index contributed by atoms with van der Waals surface area (Å²) < 4.78 is 14.6. The molecule has 0 aliphatic heterocycles. The number of hydrogen-bond acceptors (Lipinski definition) is 0. The summed E-state index contributed by atoms with van der Waals surface area (Å²) in [6, 6.07) is 21.6. The van der Waals surface area contributed by atoms with E-state index in [2.05, 4.69) is 25.6 Å². The van der Waals surface area contributed by atoms with Crippen molar-refractivity contribution >= 4 is 6.08 Å². The maximum Gasteiger partial charge on any atom is 0.131 e. The van der Waals surface area contributed by atoms with E-state index >= 15 is 0 Å². The van der Waals surface area contributed by atoms with Gasteiger partial charge in [-0.25, -0.2) is 4.39 Å². The normalized spacial score (nSPS) is 10.6. The second-order valence-electron chi connectivity index (χ2n) is 5.97. The van der Waals surface area contributed by atoms with Crippen molar-refractivity contribution in [1.82, 2.24) is 0 Å². The third-order valence-corrected chi connectivity index (χ3v) is 4.25. The van der Waals surface area contributed by atoms with E-state index in [9.17, 15) is 4.39 Å². The fraction of sp³-hybridized carbons (Fsp3) is 0.130. The molecule has 120 valence electrons. The fourth-order valence-electron chi connectivity index (χ4n) is 2.88. The topological polar surface area (TPSA) is 0 Å². The highest BCUT2D eigenvalue weighted by Crippen LogP contribution is 2.28. The molecule has 0 aromatic heterocycles. The highest BCUT2D eigenvalue weighted by Gasteiger charge is 2.07. The average molecular weight is 316 g/mol. The van der Waals surface area contributed by atoms with Gasteiger partial charge in [0.15, 0.2) is 0 Å². The number of halogens is 1. The van der Waals surface area contributed by atoms with Crippen LogP contribution in [0.4, 0.5) is 4.39 Å². The van der Waals surface area contributed by atoms with Crippen LogP contribution in [0.1, 0.15) is 24.5 Å². The van der Waals surface area contributed by atoms with E-state index in [-0.39, 0.29) is 5.82 Å². The Morgan fingerprint density at radius 2 is 1.46 bits per heavy atom. The van der Waals surface area contributed by atoms with Crippen molar-refractivity contribution in [2.75, 3.05) is 0 Å². The molecule has 0 unspecified atom stereocenters. The van der Waals surface area contributed by atoms with Gasteiger partial charge in [-0.1, -0.05) is 86.7 Å². The van der Waals surface area contributed by atoms with E-state index in [1.807, 2.05) is 48.5 Å². The average Bonchev–Trinajstić information content (AvgIpc) is 2.63. The lowest BCUT2D eigenvalue weighted by Gasteiger charge is -2.08. The van der Waals surface area contributed by atoms with E-state index in [0.29, 0.717) is 5.56 Å². The quantitative estimate of drug-likeness (QED) is 0.488. The molecule has 0 heterocycles. The van der Waals surface area contributed by atoms with Crippen molar-refractivity contribution in [3.05, 3.63) is 90.3 Å². The van der Waals surface area contributed by atoms with Gasteiger partial charge in [-0.15, -0.1) is 0 Å². The molecule has 0 saturated carbocycles. The Hall–Kier alpha value is -2.67. The van der Waals surface area contributed by atoms with Crippen LogP contribution in [0.3, 0.4) is 0 Å². The van der Waals surface area contributed by atoms with Gasteiger partial charge in [-0.3, -0.25) is 0 Å². The van der Waals surface area contributed by atoms with E-state index < -0.39 is 0 Å². The van der Waals surface area contributed by atoms with Crippen LogP contribution in [0.25, 0.3) is 28.3 Å². The molecule has 0 N–H and O–H groups in total. The Kier molecular flexibility index (Phi) is 4.90. The van der Waals surface area contributed by atoms with E-state index in [4.69, 9.17) is 0 Å². The summed E-state index contributed by atoms with van der Waals surface area (Å²) in [5.74, 6) is -0.191. The van der Waals surface area contributed by atoms with Crippen LogP contribution in [0, 0.1) is 5.82 Å². The Labute approximate surface area is 143 Å². The lowest BCUT2D eigenvalue weighted by atomic mass is 9.98. The summed E-state index contributed by atoms with van der Waals surface area (Å²) in [7, 11) is 0. The molecular formula is C23H21F. The van der Waals surface area contributed by atoms with Crippen molar-refractivity contribution in [2.45, 2.75) is 19.8 Å². The summed E-state index contributed by atoms with van der Waals surface area (Å²) >= 11 is 0. The monoisotopic (exact) mass is 316 g/mol. The van der Waals surface area contributed by atoms with Gasteiger partial charge in [-0.05, 0) is 40.3 Å². The summed E-state index contributed by atoms with van der Waals surface area (Å²) in [5.41, 5.74) is 5.80. The smallest absolute Gasteiger partial charge is 0.131 e. The molecular weight excluding hydrogens is 295 g/mol. The molecule has 3 aromatic carbocycles. The van der Waals surface area contributed by atoms with Crippen molar-refractivity contribution in [1.29, 1.82) is 0 Å². The van der Waals surface area contributed by atoms with Crippen molar-refractivity contribution < 1.29 is 4.39 Å². The molecule has 3 aromatic rings. The first-order chi connectivity index (χ1) is 11.7. The van der Waals surface area contributed by atoms with Crippen LogP contribution < -0.4 is 0 Å². The van der Waals surface area contributed by atoms with Gasteiger partial charge in [0.1, 0.15) is 5.82 Å². The van der Waals surface area contributed by atoms with E-state index in [0.717, 1.165) is 35.1 Å². The molecule has 0 amide bonds. The number of hydrogen-bond donors (Lipinski definition) is 0. The molecule has 1 heteroatoms. The van der Waals surface area contributed by atoms with E-state index in [1.165, 1.54) is 5.56 Å². The van der Waals surface area contributed by atoms with Crippen LogP contribution in [0.5, 0.6) is 0 Å². The number of aryl methyl sites for hydroxylation is 1. The lowest BCUT2D eigenvalue weighted by molar-refractivity contribution is 0.632. The molecule has 0 bridgehead atoms. The third-order valence-electron chi connectivity index (χ3n) is 4.25. The number of rotatable bonds is 5. The molecule has 0 aliphatic rings. The summed E-state index contributed by atoms with van der Waals surface area (Å²) in [5, 5.41) is 0. The molecule has 0 aliphatic carbocycles. The Balaban J connectivity index is 1.90. The van der Waals surface area contributed by atoms with Gasteiger partial charge >= 0.3 is 0 Å². The van der Waals surface area contributed by atoms with Crippen LogP contribution in [-0.4, -0.2) is 0 Å². The van der Waals surface area contributed by atoms with Gasteiger partial charge in [0.25, 0.3) is 0 Å². The van der Waals surface area contributed by atoms with Crippen LogP contribution in [0.15, 0.2) is 73.3 Å². The molecule has 24 heavy (non-hydrogen) atoms. The molecule has 0 fully saturated rings. The molecule has 3 rings (SSSR count). The first-order valence-corrected chi connectivity index (χ1v) is 8.33. The first-order valence-electron chi connectivity index (χ1n) is 8.33. The zero-order chi connectivity index (χ0) is 16.9. The Bertz CT molecular complexity index is 827. The highest BCUT2D eigenvalue weighted by molar-refractivity contribution is 5.71. The summed E-state index contributed by atoms with van der Waals surface area (Å²) in [4.78, 5) is 0. The summed E-state index contributed by atoms with van der Waals surface area (Å²) in [6.45, 7) is 5.91. The van der Waals surface area contributed by atoms with Crippen molar-refractivity contribution in [3.63, 3.8) is 0 Å². The third kappa shape index (κ3) is 3.46. The number of benzene rings is 3. The molecule has 0 spiro atoms.